The Kier molecular flexibility index (Phi) is 9.25. The SMILES string of the molecule is CCC.CCc1cnc(N(CC)C(C)CC)cn1. The van der Waals surface area contributed by atoms with E-state index in [0.717, 1.165) is 30.9 Å². The van der Waals surface area contributed by atoms with Crippen LogP contribution in [0.3, 0.4) is 0 Å². The van der Waals surface area contributed by atoms with E-state index in [2.05, 4.69) is 56.4 Å². The molecule has 1 atom stereocenters. The van der Waals surface area contributed by atoms with Crippen LogP contribution in [-0.4, -0.2) is 22.6 Å². The fraction of sp³-hybridized carbons (Fsp3) is 0.733. The minimum absolute atomic E-state index is 0.525. The number of rotatable bonds is 5. The molecule has 0 amide bonds. The van der Waals surface area contributed by atoms with Crippen LogP contribution in [-0.2, 0) is 6.42 Å². The standard InChI is InChI=1S/C12H21N3.C3H8/c1-5-10(4)15(7-3)12-9-13-11(6-2)8-14-12;1-3-2/h8-10H,5-7H2,1-4H3;3H2,1-2H3. The third-order valence-electron chi connectivity index (χ3n) is 2.81. The summed E-state index contributed by atoms with van der Waals surface area (Å²) in [5.41, 5.74) is 1.05. The lowest BCUT2D eigenvalue weighted by molar-refractivity contribution is 0.621. The number of aromatic nitrogens is 2. The molecule has 1 aromatic heterocycles. The highest BCUT2D eigenvalue weighted by Crippen LogP contribution is 2.14. The maximum absolute atomic E-state index is 4.45. The Hall–Kier alpha value is -1.12. The van der Waals surface area contributed by atoms with E-state index in [-0.39, 0.29) is 0 Å². The average Bonchev–Trinajstić information content (AvgIpc) is 2.41. The van der Waals surface area contributed by atoms with Gasteiger partial charge in [0.25, 0.3) is 0 Å². The van der Waals surface area contributed by atoms with Gasteiger partial charge in [-0.15, -0.1) is 0 Å². The Labute approximate surface area is 113 Å². The first-order valence-corrected chi connectivity index (χ1v) is 7.21. The fourth-order valence-electron chi connectivity index (χ4n) is 1.60. The van der Waals surface area contributed by atoms with Gasteiger partial charge in [0.1, 0.15) is 5.82 Å². The van der Waals surface area contributed by atoms with Gasteiger partial charge in [-0.2, -0.15) is 0 Å². The molecule has 1 rings (SSSR count). The monoisotopic (exact) mass is 251 g/mol. The van der Waals surface area contributed by atoms with E-state index in [4.69, 9.17) is 0 Å². The molecule has 0 aliphatic carbocycles. The molecule has 0 spiro atoms. The molecule has 0 saturated heterocycles. The van der Waals surface area contributed by atoms with E-state index in [1.54, 1.807) is 0 Å². The van der Waals surface area contributed by atoms with Gasteiger partial charge in [0.2, 0.25) is 0 Å². The predicted octanol–water partition coefficient (Wildman–Crippen LogP) is 4.08. The summed E-state index contributed by atoms with van der Waals surface area (Å²) in [6.45, 7) is 13.9. The summed E-state index contributed by atoms with van der Waals surface area (Å²) in [7, 11) is 0. The Morgan fingerprint density at radius 3 is 2.00 bits per heavy atom. The van der Waals surface area contributed by atoms with Crippen LogP contribution in [0.2, 0.25) is 0 Å². The van der Waals surface area contributed by atoms with E-state index in [1.807, 2.05) is 12.4 Å². The number of anilines is 1. The molecule has 0 radical (unpaired) electrons. The van der Waals surface area contributed by atoms with Crippen molar-refractivity contribution >= 4 is 5.82 Å². The molecule has 0 aliphatic heterocycles. The summed E-state index contributed by atoms with van der Waals surface area (Å²) < 4.78 is 0. The molecule has 0 N–H and O–H groups in total. The summed E-state index contributed by atoms with van der Waals surface area (Å²) >= 11 is 0. The zero-order valence-corrected chi connectivity index (χ0v) is 12.9. The topological polar surface area (TPSA) is 29.0 Å². The quantitative estimate of drug-likeness (QED) is 0.789. The smallest absolute Gasteiger partial charge is 0.147 e. The van der Waals surface area contributed by atoms with Crippen LogP contribution < -0.4 is 4.90 Å². The molecule has 18 heavy (non-hydrogen) atoms. The maximum atomic E-state index is 4.45. The highest BCUT2D eigenvalue weighted by Gasteiger charge is 2.11. The van der Waals surface area contributed by atoms with E-state index >= 15 is 0 Å². The van der Waals surface area contributed by atoms with Crippen molar-refractivity contribution in [2.45, 2.75) is 66.8 Å². The number of hydrogen-bond acceptors (Lipinski definition) is 3. The second-order valence-electron chi connectivity index (χ2n) is 4.47. The molecular weight excluding hydrogens is 222 g/mol. The minimum Gasteiger partial charge on any atom is -0.353 e. The Morgan fingerprint density at radius 1 is 1.06 bits per heavy atom. The van der Waals surface area contributed by atoms with Gasteiger partial charge in [-0.25, -0.2) is 4.98 Å². The van der Waals surface area contributed by atoms with Gasteiger partial charge in [0, 0.05) is 12.6 Å². The molecular formula is C15H29N3. The van der Waals surface area contributed by atoms with E-state index in [9.17, 15) is 0 Å². The zero-order chi connectivity index (χ0) is 14.0. The number of aryl methyl sites for hydroxylation is 1. The Balaban J connectivity index is 0.000000873. The van der Waals surface area contributed by atoms with Gasteiger partial charge in [-0.1, -0.05) is 34.1 Å². The van der Waals surface area contributed by atoms with Gasteiger partial charge in [-0.3, -0.25) is 4.98 Å². The molecule has 0 saturated carbocycles. The second-order valence-corrected chi connectivity index (χ2v) is 4.47. The van der Waals surface area contributed by atoms with Crippen molar-refractivity contribution in [3.05, 3.63) is 18.1 Å². The van der Waals surface area contributed by atoms with Crippen molar-refractivity contribution < 1.29 is 0 Å². The van der Waals surface area contributed by atoms with Crippen LogP contribution >= 0.6 is 0 Å². The number of hydrogen-bond donors (Lipinski definition) is 0. The molecule has 0 aliphatic rings. The van der Waals surface area contributed by atoms with E-state index < -0.39 is 0 Å². The molecule has 104 valence electrons. The normalized spacial score (nSPS) is 11.4. The molecule has 1 heterocycles. The summed E-state index contributed by atoms with van der Waals surface area (Å²) in [5.74, 6) is 0.990. The minimum atomic E-state index is 0.525. The lowest BCUT2D eigenvalue weighted by Crippen LogP contribution is -2.33. The zero-order valence-electron chi connectivity index (χ0n) is 12.9. The van der Waals surface area contributed by atoms with Crippen molar-refractivity contribution in [3.8, 4) is 0 Å². The van der Waals surface area contributed by atoms with Crippen LogP contribution in [0.15, 0.2) is 12.4 Å². The molecule has 0 aromatic carbocycles. The first-order chi connectivity index (χ1) is 8.64. The lowest BCUT2D eigenvalue weighted by atomic mass is 10.2. The van der Waals surface area contributed by atoms with Crippen LogP contribution in [0, 0.1) is 0 Å². The van der Waals surface area contributed by atoms with Crippen LogP contribution in [0.25, 0.3) is 0 Å². The van der Waals surface area contributed by atoms with Gasteiger partial charge in [0.15, 0.2) is 0 Å². The predicted molar refractivity (Wildman–Crippen MR) is 80.1 cm³/mol. The van der Waals surface area contributed by atoms with Crippen molar-refractivity contribution in [1.82, 2.24) is 9.97 Å². The first kappa shape index (κ1) is 16.9. The van der Waals surface area contributed by atoms with Crippen molar-refractivity contribution in [1.29, 1.82) is 0 Å². The van der Waals surface area contributed by atoms with Crippen molar-refractivity contribution in [3.63, 3.8) is 0 Å². The van der Waals surface area contributed by atoms with Gasteiger partial charge in [-0.05, 0) is 26.7 Å². The average molecular weight is 251 g/mol. The molecule has 1 unspecified atom stereocenters. The third kappa shape index (κ3) is 5.48. The van der Waals surface area contributed by atoms with Gasteiger partial charge in [0.05, 0.1) is 18.1 Å². The van der Waals surface area contributed by atoms with Crippen LogP contribution in [0.1, 0.15) is 60.1 Å². The largest absolute Gasteiger partial charge is 0.353 e. The maximum Gasteiger partial charge on any atom is 0.147 e. The fourth-order valence-corrected chi connectivity index (χ4v) is 1.60. The van der Waals surface area contributed by atoms with Gasteiger partial charge < -0.3 is 4.90 Å². The molecule has 0 bridgehead atoms. The van der Waals surface area contributed by atoms with E-state index in [0.29, 0.717) is 6.04 Å². The second kappa shape index (κ2) is 9.86. The highest BCUT2D eigenvalue weighted by molar-refractivity contribution is 5.36. The molecule has 3 heteroatoms. The Morgan fingerprint density at radius 2 is 1.67 bits per heavy atom. The summed E-state index contributed by atoms with van der Waals surface area (Å²) in [5, 5.41) is 0. The molecule has 0 fully saturated rings. The molecule has 1 aromatic rings. The Bertz CT molecular complexity index is 295. The summed E-state index contributed by atoms with van der Waals surface area (Å²) in [6, 6.07) is 0.525. The van der Waals surface area contributed by atoms with Crippen molar-refractivity contribution in [2.24, 2.45) is 0 Å². The van der Waals surface area contributed by atoms with E-state index in [1.165, 1.54) is 6.42 Å². The number of nitrogens with zero attached hydrogens (tertiary/aromatic N) is 3. The van der Waals surface area contributed by atoms with Crippen molar-refractivity contribution in [2.75, 3.05) is 11.4 Å². The van der Waals surface area contributed by atoms with Crippen LogP contribution in [0.5, 0.6) is 0 Å². The first-order valence-electron chi connectivity index (χ1n) is 7.21. The highest BCUT2D eigenvalue weighted by atomic mass is 15.2. The summed E-state index contributed by atoms with van der Waals surface area (Å²) in [6.07, 6.45) is 7.09. The molecule has 3 nitrogen and oxygen atoms in total. The summed E-state index contributed by atoms with van der Waals surface area (Å²) in [4.78, 5) is 11.1. The van der Waals surface area contributed by atoms with Crippen LogP contribution in [0.4, 0.5) is 5.82 Å². The third-order valence-corrected chi connectivity index (χ3v) is 2.81. The van der Waals surface area contributed by atoms with Gasteiger partial charge >= 0.3 is 0 Å². The lowest BCUT2D eigenvalue weighted by Gasteiger charge is -2.27.